The maximum Gasteiger partial charge on any atom is 0.215 e. The molecule has 3 rings (SSSR count). The van der Waals surface area contributed by atoms with Crippen molar-refractivity contribution in [2.45, 2.75) is 0 Å². The summed E-state index contributed by atoms with van der Waals surface area (Å²) >= 11 is 0. The van der Waals surface area contributed by atoms with Crippen LogP contribution in [0.25, 0.3) is 22.6 Å². The summed E-state index contributed by atoms with van der Waals surface area (Å²) in [6.07, 6.45) is 3.34. The molecule has 3 aromatic heterocycles. The Morgan fingerprint density at radius 2 is 1.95 bits per heavy atom. The largest absolute Gasteiger partial charge is 0.494 e. The molecule has 6 heteroatoms. The van der Waals surface area contributed by atoms with Crippen LogP contribution in [0.4, 0.5) is 0 Å². The summed E-state index contributed by atoms with van der Waals surface area (Å²) < 4.78 is 10.4. The van der Waals surface area contributed by atoms with Crippen molar-refractivity contribution in [1.82, 2.24) is 19.9 Å². The quantitative estimate of drug-likeness (QED) is 0.776. The molecule has 0 bridgehead atoms. The fourth-order valence-corrected chi connectivity index (χ4v) is 1.85. The molecule has 3 aromatic rings. The normalized spacial score (nSPS) is 10.6. The number of nitrogens with one attached hydrogen (secondary N) is 1. The molecule has 0 aliphatic heterocycles. The van der Waals surface area contributed by atoms with Crippen LogP contribution in [0.1, 0.15) is 0 Å². The minimum Gasteiger partial charge on any atom is -0.494 e. The molecule has 0 spiro atoms. The van der Waals surface area contributed by atoms with Crippen LogP contribution in [0.2, 0.25) is 0 Å². The van der Waals surface area contributed by atoms with E-state index in [1.165, 1.54) is 0 Å². The first kappa shape index (κ1) is 11.5. The van der Waals surface area contributed by atoms with E-state index in [1.807, 2.05) is 12.1 Å². The summed E-state index contributed by atoms with van der Waals surface area (Å²) in [6, 6.07) is 5.51. The predicted octanol–water partition coefficient (Wildman–Crippen LogP) is 2.04. The second-order valence-corrected chi connectivity index (χ2v) is 3.89. The highest BCUT2D eigenvalue weighted by molar-refractivity contribution is 5.77. The summed E-state index contributed by atoms with van der Waals surface area (Å²) in [5, 5.41) is 0. The van der Waals surface area contributed by atoms with Crippen molar-refractivity contribution in [1.29, 1.82) is 0 Å². The van der Waals surface area contributed by atoms with Gasteiger partial charge in [-0.3, -0.25) is 4.98 Å². The lowest BCUT2D eigenvalue weighted by Crippen LogP contribution is -1.90. The molecule has 96 valence electrons. The van der Waals surface area contributed by atoms with Crippen LogP contribution < -0.4 is 9.47 Å². The molecule has 1 N–H and O–H groups in total. The van der Waals surface area contributed by atoms with Gasteiger partial charge in [0, 0.05) is 12.3 Å². The topological polar surface area (TPSA) is 72.9 Å². The first-order chi connectivity index (χ1) is 9.31. The zero-order chi connectivity index (χ0) is 13.2. The number of fused-ring (bicyclic) bond motifs is 1. The standard InChI is InChI=1S/C13H12N4O2/c1-18-10-7-14-6-5-8(10)12-15-9-3-4-11(19-2)16-13(9)17-12/h3-7H,1-2H3,(H,15,16,17). The molecule has 0 aliphatic rings. The Bertz CT molecular complexity index is 723. The Labute approximate surface area is 109 Å². The molecule has 0 fully saturated rings. The number of hydrogen-bond donors (Lipinski definition) is 1. The third-order valence-electron chi connectivity index (χ3n) is 2.79. The first-order valence-electron chi connectivity index (χ1n) is 5.71. The van der Waals surface area contributed by atoms with Gasteiger partial charge in [-0.1, -0.05) is 0 Å². The van der Waals surface area contributed by atoms with Gasteiger partial charge in [0.2, 0.25) is 5.88 Å². The highest BCUT2D eigenvalue weighted by Gasteiger charge is 2.11. The van der Waals surface area contributed by atoms with Gasteiger partial charge in [0.1, 0.15) is 11.6 Å². The maximum atomic E-state index is 5.27. The van der Waals surface area contributed by atoms with Crippen LogP contribution in [0.5, 0.6) is 11.6 Å². The number of imidazole rings is 1. The van der Waals surface area contributed by atoms with Gasteiger partial charge in [0.25, 0.3) is 0 Å². The molecule has 0 atom stereocenters. The molecule has 0 saturated heterocycles. The molecule has 0 amide bonds. The Kier molecular flexibility index (Phi) is 2.75. The summed E-state index contributed by atoms with van der Waals surface area (Å²) in [5.41, 5.74) is 2.29. The van der Waals surface area contributed by atoms with Gasteiger partial charge in [-0.15, -0.1) is 0 Å². The van der Waals surface area contributed by atoms with Gasteiger partial charge < -0.3 is 14.5 Å². The molecular formula is C13H12N4O2. The molecule has 0 aromatic carbocycles. The van der Waals surface area contributed by atoms with Gasteiger partial charge in [-0.2, -0.15) is 4.98 Å². The number of hydrogen-bond acceptors (Lipinski definition) is 5. The minimum absolute atomic E-state index is 0.534. The van der Waals surface area contributed by atoms with E-state index in [0.717, 1.165) is 11.1 Å². The van der Waals surface area contributed by atoms with E-state index in [-0.39, 0.29) is 0 Å². The molecule has 0 aliphatic carbocycles. The SMILES string of the molecule is COc1ccc2[nH]c(-c3ccncc3OC)nc2n1. The fraction of sp³-hybridized carbons (Fsp3) is 0.154. The van der Waals surface area contributed by atoms with Crippen LogP contribution in [-0.4, -0.2) is 34.2 Å². The van der Waals surface area contributed by atoms with Crippen LogP contribution in [0.15, 0.2) is 30.6 Å². The predicted molar refractivity (Wildman–Crippen MR) is 70.2 cm³/mol. The van der Waals surface area contributed by atoms with Crippen molar-refractivity contribution in [3.8, 4) is 23.0 Å². The van der Waals surface area contributed by atoms with Gasteiger partial charge in [0.15, 0.2) is 5.65 Å². The molecule has 19 heavy (non-hydrogen) atoms. The molecular weight excluding hydrogens is 244 g/mol. The van der Waals surface area contributed by atoms with Gasteiger partial charge >= 0.3 is 0 Å². The van der Waals surface area contributed by atoms with Gasteiger partial charge in [-0.25, -0.2) is 4.98 Å². The Balaban J connectivity index is 2.15. The lowest BCUT2D eigenvalue weighted by Gasteiger charge is -2.03. The van der Waals surface area contributed by atoms with Crippen molar-refractivity contribution in [3.05, 3.63) is 30.6 Å². The van der Waals surface area contributed by atoms with Gasteiger partial charge in [0.05, 0.1) is 31.5 Å². The van der Waals surface area contributed by atoms with E-state index in [0.29, 0.717) is 23.1 Å². The lowest BCUT2D eigenvalue weighted by molar-refractivity contribution is 0.399. The molecule has 0 radical (unpaired) electrons. The third-order valence-corrected chi connectivity index (χ3v) is 2.79. The average molecular weight is 256 g/mol. The van der Waals surface area contributed by atoms with Crippen molar-refractivity contribution in [2.24, 2.45) is 0 Å². The van der Waals surface area contributed by atoms with E-state index >= 15 is 0 Å². The van der Waals surface area contributed by atoms with Crippen molar-refractivity contribution < 1.29 is 9.47 Å². The number of rotatable bonds is 3. The third kappa shape index (κ3) is 1.97. The number of H-pyrrole nitrogens is 1. The summed E-state index contributed by atoms with van der Waals surface area (Å²) in [7, 11) is 3.18. The van der Waals surface area contributed by atoms with E-state index in [9.17, 15) is 0 Å². The Morgan fingerprint density at radius 3 is 2.74 bits per heavy atom. The first-order valence-corrected chi connectivity index (χ1v) is 5.71. The van der Waals surface area contributed by atoms with Crippen LogP contribution >= 0.6 is 0 Å². The molecule has 6 nitrogen and oxygen atoms in total. The van der Waals surface area contributed by atoms with Crippen LogP contribution in [-0.2, 0) is 0 Å². The fourth-order valence-electron chi connectivity index (χ4n) is 1.85. The van der Waals surface area contributed by atoms with Crippen LogP contribution in [0.3, 0.4) is 0 Å². The maximum absolute atomic E-state index is 5.27. The average Bonchev–Trinajstić information content (AvgIpc) is 2.89. The summed E-state index contributed by atoms with van der Waals surface area (Å²) in [6.45, 7) is 0. The van der Waals surface area contributed by atoms with Crippen molar-refractivity contribution >= 4 is 11.2 Å². The monoisotopic (exact) mass is 256 g/mol. The van der Waals surface area contributed by atoms with E-state index < -0.39 is 0 Å². The summed E-state index contributed by atoms with van der Waals surface area (Å²) in [4.78, 5) is 15.9. The van der Waals surface area contributed by atoms with Crippen LogP contribution in [0, 0.1) is 0 Å². The Morgan fingerprint density at radius 1 is 1.05 bits per heavy atom. The second kappa shape index (κ2) is 4.56. The van der Waals surface area contributed by atoms with Crippen molar-refractivity contribution in [3.63, 3.8) is 0 Å². The van der Waals surface area contributed by atoms with E-state index in [4.69, 9.17) is 9.47 Å². The molecule has 0 unspecified atom stereocenters. The number of pyridine rings is 2. The number of methoxy groups -OCH3 is 2. The van der Waals surface area contributed by atoms with E-state index in [1.54, 1.807) is 32.7 Å². The molecule has 3 heterocycles. The molecule has 0 saturated carbocycles. The lowest BCUT2D eigenvalue weighted by atomic mass is 10.2. The second-order valence-electron chi connectivity index (χ2n) is 3.89. The number of aromatic amines is 1. The zero-order valence-corrected chi connectivity index (χ0v) is 10.5. The van der Waals surface area contributed by atoms with Crippen molar-refractivity contribution in [2.75, 3.05) is 14.2 Å². The van der Waals surface area contributed by atoms with E-state index in [2.05, 4.69) is 19.9 Å². The number of ether oxygens (including phenoxy) is 2. The zero-order valence-electron chi connectivity index (χ0n) is 10.5. The smallest absolute Gasteiger partial charge is 0.215 e. The minimum atomic E-state index is 0.534. The number of aromatic nitrogens is 4. The highest BCUT2D eigenvalue weighted by Crippen LogP contribution is 2.28. The van der Waals surface area contributed by atoms with Gasteiger partial charge in [-0.05, 0) is 12.1 Å². The Hall–Kier alpha value is -2.63. The summed E-state index contributed by atoms with van der Waals surface area (Å²) in [5.74, 6) is 1.88. The highest BCUT2D eigenvalue weighted by atomic mass is 16.5. The number of nitrogens with zero attached hydrogens (tertiary/aromatic N) is 3.